The van der Waals surface area contributed by atoms with Crippen molar-refractivity contribution in [3.05, 3.63) is 33.7 Å². The zero-order valence-electron chi connectivity index (χ0n) is 9.69. The molecule has 0 saturated heterocycles. The molecule has 5 heteroatoms. The first-order chi connectivity index (χ1) is 8.08. The topological polar surface area (TPSA) is 82.2 Å². The van der Waals surface area contributed by atoms with Gasteiger partial charge in [0.2, 0.25) is 5.56 Å². The molecule has 0 bridgehead atoms. The molecule has 0 aromatic carbocycles. The van der Waals surface area contributed by atoms with E-state index in [0.717, 1.165) is 30.5 Å². The monoisotopic (exact) mass is 236 g/mol. The van der Waals surface area contributed by atoms with Gasteiger partial charge < -0.3 is 10.1 Å². The predicted molar refractivity (Wildman–Crippen MR) is 63.0 cm³/mol. The number of aliphatic carboxylic acids is 1. The molecule has 3 N–H and O–H groups in total. The van der Waals surface area contributed by atoms with Crippen LogP contribution in [0.5, 0.6) is 0 Å². The highest BCUT2D eigenvalue weighted by Gasteiger charge is 2.23. The number of hydrogen-bond acceptors (Lipinski definition) is 3. The van der Waals surface area contributed by atoms with E-state index in [1.807, 2.05) is 0 Å². The molecule has 1 aliphatic rings. The fraction of sp³-hybridized carbons (Fsp3) is 0.500. The molecule has 1 aliphatic carbocycles. The zero-order chi connectivity index (χ0) is 12.4. The van der Waals surface area contributed by atoms with Crippen LogP contribution in [0.3, 0.4) is 0 Å². The van der Waals surface area contributed by atoms with Gasteiger partial charge in [-0.15, -0.1) is 0 Å². The van der Waals surface area contributed by atoms with Gasteiger partial charge in [0.05, 0.1) is 0 Å². The number of aromatic nitrogens is 1. The van der Waals surface area contributed by atoms with Gasteiger partial charge in [-0.05, 0) is 31.7 Å². The summed E-state index contributed by atoms with van der Waals surface area (Å²) in [5.41, 5.74) is 1.85. The molecule has 0 amide bonds. The smallest absolute Gasteiger partial charge is 0.320 e. The van der Waals surface area contributed by atoms with Gasteiger partial charge >= 0.3 is 5.97 Å². The van der Waals surface area contributed by atoms with Gasteiger partial charge in [0, 0.05) is 17.8 Å². The maximum atomic E-state index is 11.2. The number of H-pyrrole nitrogens is 1. The van der Waals surface area contributed by atoms with Gasteiger partial charge in [-0.3, -0.25) is 14.9 Å². The summed E-state index contributed by atoms with van der Waals surface area (Å²) in [6, 6.07) is 2.71. The van der Waals surface area contributed by atoms with E-state index in [9.17, 15) is 9.59 Å². The minimum atomic E-state index is -0.860. The van der Waals surface area contributed by atoms with E-state index in [-0.39, 0.29) is 11.6 Å². The Morgan fingerprint density at radius 3 is 3.06 bits per heavy atom. The standard InChI is InChI=1S/C12H16N2O3/c1-7(12(16)17)13-9-3-2-4-10-8(9)5-6-11(15)14-10/h5-7,9,13H,2-4H2,1H3,(H,14,15)(H,16,17). The normalized spacial score (nSPS) is 20.6. The van der Waals surface area contributed by atoms with E-state index in [4.69, 9.17) is 5.11 Å². The fourth-order valence-corrected chi connectivity index (χ4v) is 2.25. The number of aryl methyl sites for hydroxylation is 1. The number of hydrogen-bond donors (Lipinski definition) is 3. The Morgan fingerprint density at radius 1 is 1.59 bits per heavy atom. The molecular formula is C12H16N2O3. The Balaban J connectivity index is 2.23. The largest absolute Gasteiger partial charge is 0.480 e. The first-order valence-electron chi connectivity index (χ1n) is 5.79. The highest BCUT2D eigenvalue weighted by atomic mass is 16.4. The van der Waals surface area contributed by atoms with Crippen LogP contribution >= 0.6 is 0 Å². The molecule has 1 aromatic heterocycles. The molecule has 1 heterocycles. The average Bonchev–Trinajstić information content (AvgIpc) is 2.28. The molecular weight excluding hydrogens is 220 g/mol. The lowest BCUT2D eigenvalue weighted by Crippen LogP contribution is -2.38. The number of carboxylic acids is 1. The van der Waals surface area contributed by atoms with Crippen molar-refractivity contribution in [2.24, 2.45) is 0 Å². The highest BCUT2D eigenvalue weighted by molar-refractivity contribution is 5.72. The van der Waals surface area contributed by atoms with E-state index in [2.05, 4.69) is 10.3 Å². The van der Waals surface area contributed by atoms with Crippen molar-refractivity contribution in [3.8, 4) is 0 Å². The van der Waals surface area contributed by atoms with E-state index >= 15 is 0 Å². The predicted octanol–water partition coefficient (Wildman–Crippen LogP) is 0.815. The van der Waals surface area contributed by atoms with E-state index in [1.165, 1.54) is 6.07 Å². The summed E-state index contributed by atoms with van der Waals surface area (Å²) in [6.45, 7) is 1.63. The molecule has 2 rings (SSSR count). The van der Waals surface area contributed by atoms with Crippen molar-refractivity contribution in [1.29, 1.82) is 0 Å². The van der Waals surface area contributed by atoms with E-state index in [0.29, 0.717) is 0 Å². The molecule has 0 spiro atoms. The SMILES string of the molecule is CC(NC1CCCc2[nH]c(=O)ccc21)C(=O)O. The summed E-state index contributed by atoms with van der Waals surface area (Å²) in [7, 11) is 0. The second-order valence-corrected chi connectivity index (χ2v) is 4.43. The summed E-state index contributed by atoms with van der Waals surface area (Å²) in [6.07, 6.45) is 2.71. The van der Waals surface area contributed by atoms with Crippen molar-refractivity contribution < 1.29 is 9.90 Å². The molecule has 2 atom stereocenters. The molecule has 0 aliphatic heterocycles. The maximum Gasteiger partial charge on any atom is 0.320 e. The van der Waals surface area contributed by atoms with Crippen molar-refractivity contribution in [2.45, 2.75) is 38.3 Å². The van der Waals surface area contributed by atoms with Gasteiger partial charge in [0.1, 0.15) is 6.04 Å². The third kappa shape index (κ3) is 2.55. The Hall–Kier alpha value is -1.62. The van der Waals surface area contributed by atoms with Crippen molar-refractivity contribution in [2.75, 3.05) is 0 Å². The molecule has 1 aromatic rings. The second-order valence-electron chi connectivity index (χ2n) is 4.43. The number of carbonyl (C=O) groups is 1. The summed E-state index contributed by atoms with van der Waals surface area (Å²) in [5.74, 6) is -0.860. The number of fused-ring (bicyclic) bond motifs is 1. The molecule has 17 heavy (non-hydrogen) atoms. The Bertz CT molecular complexity index is 481. The number of carboxylic acid groups (broad SMARTS) is 1. The second kappa shape index (κ2) is 4.71. The lowest BCUT2D eigenvalue weighted by Gasteiger charge is -2.27. The highest BCUT2D eigenvalue weighted by Crippen LogP contribution is 2.27. The van der Waals surface area contributed by atoms with Crippen molar-refractivity contribution >= 4 is 5.97 Å². The third-order valence-corrected chi connectivity index (χ3v) is 3.15. The minimum Gasteiger partial charge on any atom is -0.480 e. The van der Waals surface area contributed by atoms with Crippen molar-refractivity contribution in [1.82, 2.24) is 10.3 Å². The quantitative estimate of drug-likeness (QED) is 0.725. The summed E-state index contributed by atoms with van der Waals surface area (Å²) < 4.78 is 0. The maximum absolute atomic E-state index is 11.2. The van der Waals surface area contributed by atoms with Crippen LogP contribution < -0.4 is 10.9 Å². The number of pyridine rings is 1. The number of nitrogens with one attached hydrogen (secondary N) is 2. The number of rotatable bonds is 3. The lowest BCUT2D eigenvalue weighted by atomic mass is 9.91. The van der Waals surface area contributed by atoms with Gasteiger partial charge in [0.25, 0.3) is 0 Å². The van der Waals surface area contributed by atoms with Gasteiger partial charge in [-0.2, -0.15) is 0 Å². The molecule has 0 saturated carbocycles. The summed E-state index contributed by atoms with van der Waals surface area (Å²) in [5, 5.41) is 12.0. The third-order valence-electron chi connectivity index (χ3n) is 3.15. The van der Waals surface area contributed by atoms with Crippen LogP contribution in [0.1, 0.15) is 37.1 Å². The molecule has 92 valence electrons. The van der Waals surface area contributed by atoms with E-state index in [1.54, 1.807) is 13.0 Å². The van der Waals surface area contributed by atoms with Crippen LogP contribution in [0, 0.1) is 0 Å². The van der Waals surface area contributed by atoms with Gasteiger partial charge in [-0.1, -0.05) is 6.07 Å². The summed E-state index contributed by atoms with van der Waals surface area (Å²) in [4.78, 5) is 24.8. The molecule has 5 nitrogen and oxygen atoms in total. The Labute approximate surface area is 98.9 Å². The minimum absolute atomic E-state index is 0.0155. The van der Waals surface area contributed by atoms with Crippen LogP contribution in [0.4, 0.5) is 0 Å². The Morgan fingerprint density at radius 2 is 2.35 bits per heavy atom. The van der Waals surface area contributed by atoms with Crippen molar-refractivity contribution in [3.63, 3.8) is 0 Å². The van der Waals surface area contributed by atoms with Crippen LogP contribution in [0.25, 0.3) is 0 Å². The van der Waals surface area contributed by atoms with Crippen LogP contribution in [-0.2, 0) is 11.2 Å². The first kappa shape index (κ1) is 11.9. The van der Waals surface area contributed by atoms with Crippen LogP contribution in [0.2, 0.25) is 0 Å². The summed E-state index contributed by atoms with van der Waals surface area (Å²) >= 11 is 0. The molecule has 2 unspecified atom stereocenters. The first-order valence-corrected chi connectivity index (χ1v) is 5.79. The molecule has 0 radical (unpaired) electrons. The lowest BCUT2D eigenvalue weighted by molar-refractivity contribution is -0.139. The fourth-order valence-electron chi connectivity index (χ4n) is 2.25. The average molecular weight is 236 g/mol. The Kier molecular flexibility index (Phi) is 3.28. The van der Waals surface area contributed by atoms with Crippen LogP contribution in [0.15, 0.2) is 16.9 Å². The molecule has 0 fully saturated rings. The zero-order valence-corrected chi connectivity index (χ0v) is 9.69. The van der Waals surface area contributed by atoms with Gasteiger partial charge in [0.15, 0.2) is 0 Å². The van der Waals surface area contributed by atoms with Gasteiger partial charge in [-0.25, -0.2) is 0 Å². The number of aromatic amines is 1. The van der Waals surface area contributed by atoms with E-state index < -0.39 is 12.0 Å². The van der Waals surface area contributed by atoms with Crippen LogP contribution in [-0.4, -0.2) is 22.1 Å².